The van der Waals surface area contributed by atoms with Gasteiger partial charge in [0.15, 0.2) is 0 Å². The quantitative estimate of drug-likeness (QED) is 0.137. The normalized spacial score (nSPS) is 12.9. The van der Waals surface area contributed by atoms with Crippen LogP contribution in [-0.4, -0.2) is 75.8 Å². The Hall–Kier alpha value is -1.37. The summed E-state index contributed by atoms with van der Waals surface area (Å²) in [6.45, 7) is 6.37. The Morgan fingerprint density at radius 2 is 1.32 bits per heavy atom. The molecule has 0 aromatic carbocycles. The second-order valence-electron chi connectivity index (χ2n) is 7.52. The zero-order valence-corrected chi connectivity index (χ0v) is 18.2. The number of nitrogens with one attached hydrogen (secondary N) is 1. The van der Waals surface area contributed by atoms with Gasteiger partial charge in [-0.05, 0) is 20.3 Å². The van der Waals surface area contributed by atoms with Gasteiger partial charge in [-0.3, -0.25) is 18.6 Å². The van der Waals surface area contributed by atoms with Gasteiger partial charge in [-0.15, -0.1) is 0 Å². The van der Waals surface area contributed by atoms with Crippen molar-refractivity contribution in [1.29, 1.82) is 0 Å². The molecule has 164 valence electrons. The third kappa shape index (κ3) is 12.2. The number of hydrogen-bond acceptors (Lipinski definition) is 11. The highest BCUT2D eigenvalue weighted by Gasteiger charge is 2.35. The van der Waals surface area contributed by atoms with Crippen LogP contribution in [0.15, 0.2) is 0 Å². The molecular weight excluding hydrogens is 414 g/mol. The molecule has 0 spiro atoms. The number of thiol groups is 1. The van der Waals surface area contributed by atoms with Crippen LogP contribution < -0.4 is 5.32 Å². The van der Waals surface area contributed by atoms with Gasteiger partial charge in [-0.1, -0.05) is 13.8 Å². The van der Waals surface area contributed by atoms with Gasteiger partial charge in [0, 0.05) is 11.3 Å². The standard InChI is InChI=1S/C16H29NO9S2/c1-14(2,7-15(3,4)27)26-28(21,22)6-5-17-16(8-23-11-18,9-24-12-19)10-25-13-20/h11-13,17,27H,5-10H2,1-4H3. The van der Waals surface area contributed by atoms with Crippen molar-refractivity contribution >= 4 is 42.2 Å². The van der Waals surface area contributed by atoms with Crippen LogP contribution in [0.25, 0.3) is 0 Å². The van der Waals surface area contributed by atoms with Crippen molar-refractivity contribution in [3.05, 3.63) is 0 Å². The molecule has 0 aliphatic rings. The van der Waals surface area contributed by atoms with Gasteiger partial charge in [0.05, 0.1) is 11.4 Å². The van der Waals surface area contributed by atoms with E-state index < -0.39 is 31.8 Å². The first-order valence-corrected chi connectivity index (χ1v) is 10.4. The van der Waals surface area contributed by atoms with Crippen LogP contribution in [0.4, 0.5) is 0 Å². The van der Waals surface area contributed by atoms with Gasteiger partial charge in [0.25, 0.3) is 29.5 Å². The predicted molar refractivity (Wildman–Crippen MR) is 103 cm³/mol. The van der Waals surface area contributed by atoms with Crippen LogP contribution in [0.1, 0.15) is 34.1 Å². The lowest BCUT2D eigenvalue weighted by Crippen LogP contribution is -2.57. The van der Waals surface area contributed by atoms with Crippen molar-refractivity contribution in [2.24, 2.45) is 0 Å². The summed E-state index contributed by atoms with van der Waals surface area (Å²) in [5, 5.41) is 2.80. The van der Waals surface area contributed by atoms with Gasteiger partial charge in [-0.2, -0.15) is 21.0 Å². The molecule has 0 heterocycles. The lowest BCUT2D eigenvalue weighted by molar-refractivity contribution is -0.140. The zero-order valence-electron chi connectivity index (χ0n) is 16.5. The van der Waals surface area contributed by atoms with E-state index in [0.717, 1.165) is 0 Å². The number of carbonyl (C=O) groups excluding carboxylic acids is 3. The Kier molecular flexibility index (Phi) is 11.0. The van der Waals surface area contributed by atoms with E-state index in [1.807, 2.05) is 13.8 Å². The van der Waals surface area contributed by atoms with Crippen molar-refractivity contribution in [3.8, 4) is 0 Å². The maximum absolute atomic E-state index is 12.3. The van der Waals surface area contributed by atoms with E-state index in [1.54, 1.807) is 13.8 Å². The van der Waals surface area contributed by atoms with Crippen molar-refractivity contribution in [3.63, 3.8) is 0 Å². The zero-order chi connectivity index (χ0) is 21.9. The van der Waals surface area contributed by atoms with E-state index in [-0.39, 0.29) is 45.8 Å². The second-order valence-corrected chi connectivity index (χ2v) is 10.4. The fourth-order valence-electron chi connectivity index (χ4n) is 2.76. The summed E-state index contributed by atoms with van der Waals surface area (Å²) in [4.78, 5) is 31.5. The molecule has 0 aliphatic heterocycles. The van der Waals surface area contributed by atoms with Crippen LogP contribution in [0.2, 0.25) is 0 Å². The Morgan fingerprint density at radius 3 is 1.68 bits per heavy atom. The maximum Gasteiger partial charge on any atom is 0.293 e. The van der Waals surface area contributed by atoms with Gasteiger partial charge in [0.2, 0.25) is 0 Å². The number of ether oxygens (including phenoxy) is 3. The minimum absolute atomic E-state index is 0.144. The van der Waals surface area contributed by atoms with E-state index in [2.05, 4.69) is 32.2 Å². The lowest BCUT2D eigenvalue weighted by Gasteiger charge is -2.32. The lowest BCUT2D eigenvalue weighted by atomic mass is 9.96. The van der Waals surface area contributed by atoms with Crippen LogP contribution in [-0.2, 0) is 42.9 Å². The number of hydrogen-bond donors (Lipinski definition) is 2. The predicted octanol–water partition coefficient (Wildman–Crippen LogP) is 0.0573. The molecule has 0 atom stereocenters. The Morgan fingerprint density at radius 1 is 0.893 bits per heavy atom. The summed E-state index contributed by atoms with van der Waals surface area (Å²) in [6.07, 6.45) is 0.382. The highest BCUT2D eigenvalue weighted by molar-refractivity contribution is 7.86. The van der Waals surface area contributed by atoms with E-state index >= 15 is 0 Å². The number of rotatable bonds is 17. The number of carbonyl (C=O) groups is 3. The Labute approximate surface area is 171 Å². The molecule has 0 rings (SSSR count). The van der Waals surface area contributed by atoms with E-state index in [1.165, 1.54) is 0 Å². The first-order valence-electron chi connectivity index (χ1n) is 8.37. The molecule has 0 aromatic heterocycles. The van der Waals surface area contributed by atoms with Crippen LogP contribution in [0, 0.1) is 0 Å². The summed E-state index contributed by atoms with van der Waals surface area (Å²) in [5.74, 6) is -0.422. The fourth-order valence-corrected chi connectivity index (χ4v) is 4.32. The molecule has 0 saturated carbocycles. The molecule has 28 heavy (non-hydrogen) atoms. The minimum Gasteiger partial charge on any atom is -0.466 e. The Balaban J connectivity index is 5.04. The molecule has 0 amide bonds. The molecule has 0 saturated heterocycles. The summed E-state index contributed by atoms with van der Waals surface area (Å²) in [6, 6.07) is 0. The largest absolute Gasteiger partial charge is 0.466 e. The van der Waals surface area contributed by atoms with Crippen molar-refractivity contribution in [1.82, 2.24) is 5.32 Å². The molecule has 0 unspecified atom stereocenters. The molecule has 0 radical (unpaired) electrons. The van der Waals surface area contributed by atoms with Gasteiger partial charge in [0.1, 0.15) is 25.4 Å². The third-order valence-corrected chi connectivity index (χ3v) is 4.91. The summed E-state index contributed by atoms with van der Waals surface area (Å²) >= 11 is 4.39. The summed E-state index contributed by atoms with van der Waals surface area (Å²) in [7, 11) is -3.92. The first-order chi connectivity index (χ1) is 12.8. The van der Waals surface area contributed by atoms with Gasteiger partial charge >= 0.3 is 0 Å². The SMILES string of the molecule is CC(C)(S)CC(C)(C)OS(=O)(=O)CCNC(COC=O)(COC=O)COC=O. The smallest absolute Gasteiger partial charge is 0.293 e. The van der Waals surface area contributed by atoms with E-state index in [9.17, 15) is 22.8 Å². The van der Waals surface area contributed by atoms with Gasteiger partial charge < -0.3 is 19.5 Å². The molecule has 0 aliphatic carbocycles. The monoisotopic (exact) mass is 443 g/mol. The Bertz CT molecular complexity index is 568. The highest BCUT2D eigenvalue weighted by Crippen LogP contribution is 2.29. The van der Waals surface area contributed by atoms with Crippen LogP contribution in [0.5, 0.6) is 0 Å². The topological polar surface area (TPSA) is 134 Å². The average molecular weight is 444 g/mol. The maximum atomic E-state index is 12.3. The molecule has 0 fully saturated rings. The van der Waals surface area contributed by atoms with Crippen molar-refractivity contribution < 1.29 is 41.2 Å². The second kappa shape index (κ2) is 11.6. The van der Waals surface area contributed by atoms with Crippen molar-refractivity contribution in [2.45, 2.75) is 50.0 Å². The van der Waals surface area contributed by atoms with E-state index in [0.29, 0.717) is 6.42 Å². The average Bonchev–Trinajstić information content (AvgIpc) is 2.52. The highest BCUT2D eigenvalue weighted by atomic mass is 32.2. The van der Waals surface area contributed by atoms with E-state index in [4.69, 9.17) is 4.18 Å². The molecule has 10 nitrogen and oxygen atoms in total. The van der Waals surface area contributed by atoms with Crippen LogP contribution >= 0.6 is 12.6 Å². The molecule has 0 bridgehead atoms. The van der Waals surface area contributed by atoms with Crippen molar-refractivity contribution in [2.75, 3.05) is 32.1 Å². The summed E-state index contributed by atoms with van der Waals surface area (Å²) < 4.78 is 43.5. The first kappa shape index (κ1) is 26.6. The molecule has 1 N–H and O–H groups in total. The fraction of sp³-hybridized carbons (Fsp3) is 0.812. The molecule has 12 heteroatoms. The summed E-state index contributed by atoms with van der Waals surface area (Å²) in [5.41, 5.74) is -2.27. The molecule has 0 aromatic rings. The van der Waals surface area contributed by atoms with Crippen LogP contribution in [0.3, 0.4) is 0 Å². The third-order valence-electron chi connectivity index (χ3n) is 3.35. The molecular formula is C16H29NO9S2. The minimum atomic E-state index is -3.92. The van der Waals surface area contributed by atoms with Gasteiger partial charge in [-0.25, -0.2) is 0 Å².